The Labute approximate surface area is 96.0 Å². The van der Waals surface area contributed by atoms with Gasteiger partial charge in [0.2, 0.25) is 0 Å². The van der Waals surface area contributed by atoms with Gasteiger partial charge in [-0.25, -0.2) is 4.39 Å². The van der Waals surface area contributed by atoms with Crippen molar-refractivity contribution < 1.29 is 4.39 Å². The number of nitrogens with one attached hydrogen (secondary N) is 1. The highest BCUT2D eigenvalue weighted by Gasteiger charge is 2.34. The minimum Gasteiger partial charge on any atom is -0.330 e. The van der Waals surface area contributed by atoms with E-state index in [1.165, 1.54) is 0 Å². The predicted molar refractivity (Wildman–Crippen MR) is 64.1 cm³/mol. The zero-order valence-corrected chi connectivity index (χ0v) is 9.51. The zero-order chi connectivity index (χ0) is 11.4. The molecular weight excluding hydrogens is 203 g/mol. The summed E-state index contributed by atoms with van der Waals surface area (Å²) >= 11 is 0. The SMILES string of the molecule is NCCc1ccccc1C1(F)CCNCC1. The largest absolute Gasteiger partial charge is 0.330 e. The van der Waals surface area contributed by atoms with Crippen LogP contribution in [-0.2, 0) is 12.1 Å². The van der Waals surface area contributed by atoms with Crippen LogP contribution in [0.1, 0.15) is 24.0 Å². The van der Waals surface area contributed by atoms with Crippen molar-refractivity contribution in [2.45, 2.75) is 24.9 Å². The molecule has 1 aromatic carbocycles. The van der Waals surface area contributed by atoms with Gasteiger partial charge >= 0.3 is 0 Å². The highest BCUT2D eigenvalue weighted by molar-refractivity contribution is 5.33. The van der Waals surface area contributed by atoms with Crippen LogP contribution in [0.4, 0.5) is 4.39 Å². The highest BCUT2D eigenvalue weighted by Crippen LogP contribution is 2.36. The Kier molecular flexibility index (Phi) is 3.56. The van der Waals surface area contributed by atoms with Crippen molar-refractivity contribution in [3.63, 3.8) is 0 Å². The number of halogens is 1. The molecule has 1 aliphatic heterocycles. The second kappa shape index (κ2) is 4.93. The summed E-state index contributed by atoms with van der Waals surface area (Å²) in [4.78, 5) is 0. The summed E-state index contributed by atoms with van der Waals surface area (Å²) < 4.78 is 14.8. The maximum absolute atomic E-state index is 14.8. The number of hydrogen-bond donors (Lipinski definition) is 2. The lowest BCUT2D eigenvalue weighted by atomic mass is 9.83. The maximum Gasteiger partial charge on any atom is 0.138 e. The Morgan fingerprint density at radius 3 is 2.62 bits per heavy atom. The molecule has 0 saturated carbocycles. The van der Waals surface area contributed by atoms with Gasteiger partial charge in [-0.15, -0.1) is 0 Å². The summed E-state index contributed by atoms with van der Waals surface area (Å²) in [7, 11) is 0. The molecule has 0 aromatic heterocycles. The number of nitrogens with two attached hydrogens (primary N) is 1. The molecule has 1 fully saturated rings. The Morgan fingerprint density at radius 2 is 1.94 bits per heavy atom. The number of benzene rings is 1. The van der Waals surface area contributed by atoms with Crippen LogP contribution in [0.25, 0.3) is 0 Å². The number of rotatable bonds is 3. The Balaban J connectivity index is 2.30. The van der Waals surface area contributed by atoms with Gasteiger partial charge in [-0.3, -0.25) is 0 Å². The first-order chi connectivity index (χ1) is 7.76. The zero-order valence-electron chi connectivity index (χ0n) is 9.51. The highest BCUT2D eigenvalue weighted by atomic mass is 19.1. The summed E-state index contributed by atoms with van der Waals surface area (Å²) in [6, 6.07) is 7.78. The van der Waals surface area contributed by atoms with Crippen molar-refractivity contribution in [2.24, 2.45) is 5.73 Å². The fraction of sp³-hybridized carbons (Fsp3) is 0.538. The third-order valence-corrected chi connectivity index (χ3v) is 3.31. The van der Waals surface area contributed by atoms with Crippen molar-refractivity contribution in [2.75, 3.05) is 19.6 Å². The molecule has 1 aliphatic rings. The van der Waals surface area contributed by atoms with E-state index in [-0.39, 0.29) is 0 Å². The van der Waals surface area contributed by atoms with Crippen LogP contribution >= 0.6 is 0 Å². The van der Waals surface area contributed by atoms with E-state index in [2.05, 4.69) is 5.32 Å². The van der Waals surface area contributed by atoms with Crippen LogP contribution in [0, 0.1) is 0 Å². The monoisotopic (exact) mass is 222 g/mol. The Hall–Kier alpha value is -0.930. The normalized spacial score (nSPS) is 19.6. The maximum atomic E-state index is 14.8. The predicted octanol–water partition coefficient (Wildman–Crippen LogP) is 1.74. The van der Waals surface area contributed by atoms with E-state index in [9.17, 15) is 4.39 Å². The van der Waals surface area contributed by atoms with Gasteiger partial charge in [0, 0.05) is 0 Å². The summed E-state index contributed by atoms with van der Waals surface area (Å²) in [5, 5.41) is 3.20. The van der Waals surface area contributed by atoms with Crippen molar-refractivity contribution in [1.82, 2.24) is 5.32 Å². The summed E-state index contributed by atoms with van der Waals surface area (Å²) in [6.45, 7) is 2.09. The van der Waals surface area contributed by atoms with E-state index in [4.69, 9.17) is 5.73 Å². The van der Waals surface area contributed by atoms with Gasteiger partial charge in [0.1, 0.15) is 5.67 Å². The molecule has 1 aromatic rings. The molecule has 2 nitrogen and oxygen atoms in total. The van der Waals surface area contributed by atoms with Gasteiger partial charge in [0.15, 0.2) is 0 Å². The van der Waals surface area contributed by atoms with Gasteiger partial charge < -0.3 is 11.1 Å². The van der Waals surface area contributed by atoms with Gasteiger partial charge in [-0.1, -0.05) is 24.3 Å². The van der Waals surface area contributed by atoms with Crippen molar-refractivity contribution in [3.8, 4) is 0 Å². The topological polar surface area (TPSA) is 38.0 Å². The van der Waals surface area contributed by atoms with Crippen LogP contribution in [0.5, 0.6) is 0 Å². The third kappa shape index (κ3) is 2.25. The quantitative estimate of drug-likeness (QED) is 0.817. The molecule has 0 spiro atoms. The minimum atomic E-state index is -1.16. The lowest BCUT2D eigenvalue weighted by molar-refractivity contribution is 0.114. The standard InChI is InChI=1S/C13H19FN2/c14-13(6-9-16-10-7-13)12-4-2-1-3-11(12)5-8-15/h1-4,16H,5-10,15H2. The van der Waals surface area contributed by atoms with Crippen LogP contribution in [0.2, 0.25) is 0 Å². The Morgan fingerprint density at radius 1 is 1.25 bits per heavy atom. The molecule has 1 heterocycles. The van der Waals surface area contributed by atoms with Crippen molar-refractivity contribution in [1.29, 1.82) is 0 Å². The number of hydrogen-bond acceptors (Lipinski definition) is 2. The average molecular weight is 222 g/mol. The smallest absolute Gasteiger partial charge is 0.138 e. The molecule has 0 radical (unpaired) electrons. The van der Waals surface area contributed by atoms with Gasteiger partial charge in [-0.2, -0.15) is 0 Å². The molecule has 3 heteroatoms. The molecule has 16 heavy (non-hydrogen) atoms. The summed E-state index contributed by atoms with van der Waals surface area (Å²) in [5.74, 6) is 0. The molecule has 1 saturated heterocycles. The molecule has 0 amide bonds. The van der Waals surface area contributed by atoms with E-state index in [1.54, 1.807) is 0 Å². The van der Waals surface area contributed by atoms with Crippen molar-refractivity contribution >= 4 is 0 Å². The summed E-state index contributed by atoms with van der Waals surface area (Å²) in [6.07, 6.45) is 1.89. The minimum absolute atomic E-state index is 0.564. The summed E-state index contributed by atoms with van der Waals surface area (Å²) in [5.41, 5.74) is 6.32. The lowest BCUT2D eigenvalue weighted by Crippen LogP contribution is -2.37. The lowest BCUT2D eigenvalue weighted by Gasteiger charge is -2.32. The van der Waals surface area contributed by atoms with E-state index in [1.807, 2.05) is 24.3 Å². The van der Waals surface area contributed by atoms with Crippen LogP contribution in [0.15, 0.2) is 24.3 Å². The fourth-order valence-corrected chi connectivity index (χ4v) is 2.42. The van der Waals surface area contributed by atoms with Gasteiger partial charge in [0.05, 0.1) is 0 Å². The number of alkyl halides is 1. The molecular formula is C13H19FN2. The second-order valence-corrected chi connectivity index (χ2v) is 4.41. The van der Waals surface area contributed by atoms with Crippen LogP contribution < -0.4 is 11.1 Å². The molecule has 0 unspecified atom stereocenters. The number of piperidine rings is 1. The molecule has 0 aliphatic carbocycles. The van der Waals surface area contributed by atoms with E-state index in [0.717, 1.165) is 30.6 Å². The van der Waals surface area contributed by atoms with E-state index < -0.39 is 5.67 Å². The molecule has 0 atom stereocenters. The first-order valence-corrected chi connectivity index (χ1v) is 5.94. The Bertz CT molecular complexity index is 346. The molecule has 88 valence electrons. The van der Waals surface area contributed by atoms with Crippen LogP contribution in [0.3, 0.4) is 0 Å². The van der Waals surface area contributed by atoms with Gasteiger partial charge in [0.25, 0.3) is 0 Å². The first-order valence-electron chi connectivity index (χ1n) is 5.94. The molecule has 3 N–H and O–H groups in total. The van der Waals surface area contributed by atoms with E-state index in [0.29, 0.717) is 19.4 Å². The van der Waals surface area contributed by atoms with E-state index >= 15 is 0 Å². The molecule has 0 bridgehead atoms. The fourth-order valence-electron chi connectivity index (χ4n) is 2.42. The van der Waals surface area contributed by atoms with Gasteiger partial charge in [-0.05, 0) is 50.0 Å². The average Bonchev–Trinajstić information content (AvgIpc) is 2.31. The molecule has 2 rings (SSSR count). The first kappa shape index (κ1) is 11.6. The van der Waals surface area contributed by atoms with Crippen molar-refractivity contribution in [3.05, 3.63) is 35.4 Å². The van der Waals surface area contributed by atoms with Crippen LogP contribution in [-0.4, -0.2) is 19.6 Å². The third-order valence-electron chi connectivity index (χ3n) is 3.31. The second-order valence-electron chi connectivity index (χ2n) is 4.41.